The molecule has 2 rings (SSSR count). The number of benzene rings is 1. The van der Waals surface area contributed by atoms with Crippen molar-refractivity contribution in [3.05, 3.63) is 35.4 Å². The first-order valence-corrected chi connectivity index (χ1v) is 7.91. The summed E-state index contributed by atoms with van der Waals surface area (Å²) in [4.78, 5) is 11.1. The van der Waals surface area contributed by atoms with Crippen LogP contribution in [0.25, 0.3) is 0 Å². The minimum atomic E-state index is -0.631. The summed E-state index contributed by atoms with van der Waals surface area (Å²) < 4.78 is 0. The van der Waals surface area contributed by atoms with Crippen LogP contribution < -0.4 is 5.32 Å². The van der Waals surface area contributed by atoms with E-state index in [0.29, 0.717) is 0 Å². The summed E-state index contributed by atoms with van der Waals surface area (Å²) >= 11 is 0. The lowest BCUT2D eigenvalue weighted by molar-refractivity contribution is -0.142. The van der Waals surface area contributed by atoms with Crippen molar-refractivity contribution >= 4 is 5.97 Å². The highest BCUT2D eigenvalue weighted by molar-refractivity contribution is 5.70. The maximum Gasteiger partial charge on any atom is 0.306 e. The van der Waals surface area contributed by atoms with Gasteiger partial charge in [0.1, 0.15) is 0 Å². The van der Waals surface area contributed by atoms with Crippen LogP contribution in [0, 0.1) is 11.8 Å². The molecule has 1 fully saturated rings. The lowest BCUT2D eigenvalue weighted by Crippen LogP contribution is -2.28. The fourth-order valence-corrected chi connectivity index (χ4v) is 3.13. The fraction of sp³-hybridized carbons (Fsp3) is 0.611. The second-order valence-corrected chi connectivity index (χ2v) is 7.21. The Hall–Kier alpha value is -1.35. The van der Waals surface area contributed by atoms with Crippen molar-refractivity contribution in [1.82, 2.24) is 5.32 Å². The molecule has 1 aromatic carbocycles. The summed E-state index contributed by atoms with van der Waals surface area (Å²) in [5, 5.41) is 12.6. The molecule has 2 unspecified atom stereocenters. The highest BCUT2D eigenvalue weighted by Crippen LogP contribution is 2.31. The molecular weight excluding hydrogens is 262 g/mol. The Morgan fingerprint density at radius 2 is 1.90 bits per heavy atom. The van der Waals surface area contributed by atoms with E-state index < -0.39 is 5.97 Å². The quantitative estimate of drug-likeness (QED) is 0.871. The van der Waals surface area contributed by atoms with Crippen LogP contribution in [0.5, 0.6) is 0 Å². The monoisotopic (exact) mass is 289 g/mol. The van der Waals surface area contributed by atoms with Gasteiger partial charge in [-0.15, -0.1) is 0 Å². The number of hydrogen-bond acceptors (Lipinski definition) is 2. The molecule has 0 saturated heterocycles. The summed E-state index contributed by atoms with van der Waals surface area (Å²) in [5.41, 5.74) is 2.78. The first-order chi connectivity index (χ1) is 9.88. The first kappa shape index (κ1) is 16.0. The molecule has 2 atom stereocenters. The standard InChI is InChI=1S/C18H27NO2/c1-18(2,3)15-9-7-13(8-10-15)11-19-12-14-5-4-6-16(14)17(20)21/h7-10,14,16,19H,4-6,11-12H2,1-3H3,(H,20,21). The largest absolute Gasteiger partial charge is 0.481 e. The van der Waals surface area contributed by atoms with E-state index in [9.17, 15) is 9.90 Å². The van der Waals surface area contributed by atoms with Crippen molar-refractivity contribution in [2.24, 2.45) is 11.8 Å². The maximum absolute atomic E-state index is 11.1. The van der Waals surface area contributed by atoms with Crippen molar-refractivity contribution in [3.8, 4) is 0 Å². The molecule has 0 amide bonds. The van der Waals surface area contributed by atoms with Crippen LogP contribution in [-0.4, -0.2) is 17.6 Å². The molecule has 0 bridgehead atoms. The van der Waals surface area contributed by atoms with Crippen molar-refractivity contribution in [2.75, 3.05) is 6.54 Å². The lowest BCUT2D eigenvalue weighted by atomic mass is 9.87. The number of aliphatic carboxylic acids is 1. The normalized spacial score (nSPS) is 22.4. The van der Waals surface area contributed by atoms with Gasteiger partial charge in [-0.2, -0.15) is 0 Å². The minimum absolute atomic E-state index is 0.152. The fourth-order valence-electron chi connectivity index (χ4n) is 3.13. The average molecular weight is 289 g/mol. The van der Waals surface area contributed by atoms with Crippen LogP contribution >= 0.6 is 0 Å². The number of carbonyl (C=O) groups is 1. The molecule has 3 nitrogen and oxygen atoms in total. The summed E-state index contributed by atoms with van der Waals surface area (Å²) in [6, 6.07) is 8.70. The summed E-state index contributed by atoms with van der Waals surface area (Å²) in [6.45, 7) is 8.26. The van der Waals surface area contributed by atoms with E-state index in [1.54, 1.807) is 0 Å². The highest BCUT2D eigenvalue weighted by Gasteiger charge is 2.32. The molecule has 21 heavy (non-hydrogen) atoms. The van der Waals surface area contributed by atoms with Crippen LogP contribution in [0.3, 0.4) is 0 Å². The molecule has 1 aliphatic rings. The van der Waals surface area contributed by atoms with E-state index in [-0.39, 0.29) is 17.3 Å². The Bertz CT molecular complexity index is 473. The van der Waals surface area contributed by atoms with E-state index in [4.69, 9.17) is 0 Å². The molecule has 0 heterocycles. The number of carboxylic acid groups (broad SMARTS) is 1. The van der Waals surface area contributed by atoms with Gasteiger partial charge in [0.2, 0.25) is 0 Å². The molecule has 0 radical (unpaired) electrons. The van der Waals surface area contributed by atoms with Gasteiger partial charge in [0.05, 0.1) is 5.92 Å². The predicted molar refractivity (Wildman–Crippen MR) is 85.3 cm³/mol. The molecule has 1 aliphatic carbocycles. The van der Waals surface area contributed by atoms with Gasteiger partial charge in [-0.25, -0.2) is 0 Å². The Morgan fingerprint density at radius 3 is 2.48 bits per heavy atom. The molecule has 116 valence electrons. The molecule has 0 aliphatic heterocycles. The Kier molecular flexibility index (Phi) is 5.04. The van der Waals surface area contributed by atoms with E-state index in [2.05, 4.69) is 50.4 Å². The predicted octanol–water partition coefficient (Wildman–Crippen LogP) is 3.57. The Balaban J connectivity index is 1.82. The van der Waals surface area contributed by atoms with Gasteiger partial charge >= 0.3 is 5.97 Å². The molecule has 0 aromatic heterocycles. The van der Waals surface area contributed by atoms with Crippen molar-refractivity contribution < 1.29 is 9.90 Å². The molecule has 0 spiro atoms. The Labute approximate surface area is 127 Å². The van der Waals surface area contributed by atoms with Gasteiger partial charge in [-0.1, -0.05) is 51.5 Å². The SMILES string of the molecule is CC(C)(C)c1ccc(CNCC2CCCC2C(=O)O)cc1. The zero-order chi connectivity index (χ0) is 15.5. The smallest absolute Gasteiger partial charge is 0.306 e. The maximum atomic E-state index is 11.1. The number of rotatable bonds is 5. The van der Waals surface area contributed by atoms with Crippen molar-refractivity contribution in [1.29, 1.82) is 0 Å². The second kappa shape index (κ2) is 6.61. The van der Waals surface area contributed by atoms with Crippen LogP contribution in [0.15, 0.2) is 24.3 Å². The minimum Gasteiger partial charge on any atom is -0.481 e. The van der Waals surface area contributed by atoms with Gasteiger partial charge in [0.25, 0.3) is 0 Å². The van der Waals surface area contributed by atoms with Gasteiger partial charge in [0.15, 0.2) is 0 Å². The van der Waals surface area contributed by atoms with E-state index in [1.165, 1.54) is 11.1 Å². The van der Waals surface area contributed by atoms with E-state index in [0.717, 1.165) is 32.4 Å². The molecule has 1 saturated carbocycles. The molecule has 3 heteroatoms. The lowest BCUT2D eigenvalue weighted by Gasteiger charge is -2.19. The zero-order valence-corrected chi connectivity index (χ0v) is 13.4. The van der Waals surface area contributed by atoms with E-state index >= 15 is 0 Å². The second-order valence-electron chi connectivity index (χ2n) is 7.21. The van der Waals surface area contributed by atoms with Crippen LogP contribution in [0.1, 0.15) is 51.2 Å². The van der Waals surface area contributed by atoms with E-state index in [1.807, 2.05) is 0 Å². The number of carboxylic acids is 1. The first-order valence-electron chi connectivity index (χ1n) is 7.91. The van der Waals surface area contributed by atoms with Crippen molar-refractivity contribution in [3.63, 3.8) is 0 Å². The van der Waals surface area contributed by atoms with Gasteiger partial charge in [0, 0.05) is 6.54 Å². The van der Waals surface area contributed by atoms with Gasteiger partial charge in [-0.05, 0) is 41.8 Å². The summed E-state index contributed by atoms with van der Waals surface area (Å²) in [7, 11) is 0. The third-order valence-electron chi connectivity index (χ3n) is 4.53. The summed E-state index contributed by atoms with van der Waals surface area (Å²) in [5.74, 6) is -0.494. The third kappa shape index (κ3) is 4.31. The zero-order valence-electron chi connectivity index (χ0n) is 13.4. The molecule has 2 N–H and O–H groups in total. The number of hydrogen-bond donors (Lipinski definition) is 2. The topological polar surface area (TPSA) is 49.3 Å². The summed E-state index contributed by atoms with van der Waals surface area (Å²) in [6.07, 6.45) is 2.92. The van der Waals surface area contributed by atoms with Crippen LogP contribution in [0.4, 0.5) is 0 Å². The highest BCUT2D eigenvalue weighted by atomic mass is 16.4. The van der Waals surface area contributed by atoms with Crippen LogP contribution in [0.2, 0.25) is 0 Å². The molecular formula is C18H27NO2. The van der Waals surface area contributed by atoms with Crippen LogP contribution in [-0.2, 0) is 16.8 Å². The average Bonchev–Trinajstić information content (AvgIpc) is 2.87. The van der Waals surface area contributed by atoms with Gasteiger partial charge in [-0.3, -0.25) is 4.79 Å². The van der Waals surface area contributed by atoms with Gasteiger partial charge < -0.3 is 10.4 Å². The molecule has 1 aromatic rings. The third-order valence-corrected chi connectivity index (χ3v) is 4.53. The Morgan fingerprint density at radius 1 is 1.24 bits per heavy atom. The number of nitrogens with one attached hydrogen (secondary N) is 1. The van der Waals surface area contributed by atoms with Crippen molar-refractivity contribution in [2.45, 2.75) is 52.0 Å².